The summed E-state index contributed by atoms with van der Waals surface area (Å²) in [6.45, 7) is 8.77. The van der Waals surface area contributed by atoms with Crippen LogP contribution in [-0.2, 0) is 16.1 Å². The Morgan fingerprint density at radius 1 is 1.12 bits per heavy atom. The Morgan fingerprint density at radius 2 is 1.76 bits per heavy atom. The molecule has 33 heavy (non-hydrogen) atoms. The van der Waals surface area contributed by atoms with Crippen molar-refractivity contribution in [2.24, 2.45) is 16.7 Å². The van der Waals surface area contributed by atoms with Crippen LogP contribution in [0.4, 0.5) is 4.79 Å². The Kier molecular flexibility index (Phi) is 6.05. The van der Waals surface area contributed by atoms with E-state index in [-0.39, 0.29) is 28.6 Å². The van der Waals surface area contributed by atoms with E-state index in [1.165, 1.54) is 4.90 Å². The van der Waals surface area contributed by atoms with Gasteiger partial charge >= 0.3 is 6.09 Å². The summed E-state index contributed by atoms with van der Waals surface area (Å²) in [7, 11) is 1.61. The minimum absolute atomic E-state index is 0.00328. The van der Waals surface area contributed by atoms with Crippen LogP contribution in [0.5, 0.6) is 5.75 Å². The fourth-order valence-corrected chi connectivity index (χ4v) is 5.82. The van der Waals surface area contributed by atoms with Crippen molar-refractivity contribution < 1.29 is 24.2 Å². The molecule has 3 atom stereocenters. The van der Waals surface area contributed by atoms with Gasteiger partial charge < -0.3 is 24.5 Å². The highest BCUT2D eigenvalue weighted by Crippen LogP contribution is 2.50. The molecule has 3 aliphatic heterocycles. The minimum atomic E-state index is -0.889. The third kappa shape index (κ3) is 4.39. The molecule has 3 unspecified atom stereocenters. The van der Waals surface area contributed by atoms with Crippen LogP contribution in [0.15, 0.2) is 24.3 Å². The van der Waals surface area contributed by atoms with Crippen LogP contribution >= 0.6 is 0 Å². The van der Waals surface area contributed by atoms with Crippen LogP contribution in [0.3, 0.4) is 0 Å². The number of ether oxygens (including phenoxy) is 1. The molecule has 0 saturated carbocycles. The second-order valence-corrected chi connectivity index (χ2v) is 10.9. The monoisotopic (exact) mass is 457 g/mol. The second-order valence-electron chi connectivity index (χ2n) is 10.9. The normalized spacial score (nSPS) is 27.6. The first-order valence-electron chi connectivity index (χ1n) is 11.7. The van der Waals surface area contributed by atoms with E-state index in [0.717, 1.165) is 17.7 Å². The summed E-state index contributed by atoms with van der Waals surface area (Å²) in [5.74, 6) is 0.862. The SMILES string of the molecule is COc1ccc(CN2C(=O)CCC2C(=O)N2CC3CN(C(=O)O)CC(C(C)(C)C)(C3)C2)cc1. The molecule has 3 heterocycles. The fraction of sp³-hybridized carbons (Fsp3) is 0.640. The summed E-state index contributed by atoms with van der Waals surface area (Å²) in [5.41, 5.74) is 0.501. The lowest BCUT2D eigenvalue weighted by atomic mass is 9.58. The van der Waals surface area contributed by atoms with Gasteiger partial charge in [-0.15, -0.1) is 0 Å². The lowest BCUT2D eigenvalue weighted by Gasteiger charge is -2.58. The molecule has 1 aromatic carbocycles. The summed E-state index contributed by atoms with van der Waals surface area (Å²) in [4.78, 5) is 43.4. The van der Waals surface area contributed by atoms with Crippen molar-refractivity contribution in [3.05, 3.63) is 29.8 Å². The zero-order valence-corrected chi connectivity index (χ0v) is 20.0. The number of carbonyl (C=O) groups excluding carboxylic acids is 2. The number of methoxy groups -OCH3 is 1. The quantitative estimate of drug-likeness (QED) is 0.751. The van der Waals surface area contributed by atoms with Crippen LogP contribution in [0.1, 0.15) is 45.6 Å². The van der Waals surface area contributed by atoms with Crippen LogP contribution in [-0.4, -0.2) is 77.0 Å². The largest absolute Gasteiger partial charge is 0.497 e. The van der Waals surface area contributed by atoms with Gasteiger partial charge in [0.1, 0.15) is 11.8 Å². The van der Waals surface area contributed by atoms with E-state index < -0.39 is 12.1 Å². The molecular formula is C25H35N3O5. The number of likely N-dealkylation sites (tertiary alicyclic amines) is 3. The molecule has 4 rings (SSSR count). The third-order valence-corrected chi connectivity index (χ3v) is 7.92. The minimum Gasteiger partial charge on any atom is -0.497 e. The lowest BCUT2D eigenvalue weighted by Crippen LogP contribution is -2.65. The molecule has 1 aromatic rings. The molecule has 3 aliphatic rings. The van der Waals surface area contributed by atoms with E-state index >= 15 is 0 Å². The molecule has 0 aromatic heterocycles. The summed E-state index contributed by atoms with van der Waals surface area (Å²) in [6.07, 6.45) is 0.934. The second kappa shape index (κ2) is 8.54. The van der Waals surface area contributed by atoms with Crippen molar-refractivity contribution in [3.8, 4) is 5.75 Å². The zero-order chi connectivity index (χ0) is 24.0. The maximum Gasteiger partial charge on any atom is 0.407 e. The predicted molar refractivity (Wildman–Crippen MR) is 123 cm³/mol. The third-order valence-electron chi connectivity index (χ3n) is 7.92. The van der Waals surface area contributed by atoms with E-state index in [2.05, 4.69) is 20.8 Å². The maximum absolute atomic E-state index is 13.7. The number of hydrogen-bond donors (Lipinski definition) is 1. The van der Waals surface area contributed by atoms with E-state index in [1.807, 2.05) is 29.2 Å². The molecule has 180 valence electrons. The van der Waals surface area contributed by atoms with E-state index in [4.69, 9.17) is 4.74 Å². The molecular weight excluding hydrogens is 422 g/mol. The number of carbonyl (C=O) groups is 3. The van der Waals surface area contributed by atoms with E-state index in [9.17, 15) is 19.5 Å². The fourth-order valence-electron chi connectivity index (χ4n) is 5.82. The number of carboxylic acid groups (broad SMARTS) is 1. The predicted octanol–water partition coefficient (Wildman–Crippen LogP) is 3.06. The van der Waals surface area contributed by atoms with Crippen molar-refractivity contribution >= 4 is 17.9 Å². The van der Waals surface area contributed by atoms with Crippen molar-refractivity contribution in [2.75, 3.05) is 33.3 Å². The Hall–Kier alpha value is -2.77. The maximum atomic E-state index is 13.7. The van der Waals surface area contributed by atoms with Crippen LogP contribution in [0.25, 0.3) is 0 Å². The van der Waals surface area contributed by atoms with E-state index in [0.29, 0.717) is 45.6 Å². The average molecular weight is 458 g/mol. The van der Waals surface area contributed by atoms with Gasteiger partial charge in [-0.3, -0.25) is 9.59 Å². The van der Waals surface area contributed by atoms with E-state index in [1.54, 1.807) is 12.0 Å². The molecule has 2 bridgehead atoms. The van der Waals surface area contributed by atoms with Gasteiger partial charge in [0.25, 0.3) is 0 Å². The Balaban J connectivity index is 1.54. The first-order chi connectivity index (χ1) is 15.5. The highest BCUT2D eigenvalue weighted by Gasteiger charge is 2.54. The number of fused-ring (bicyclic) bond motifs is 2. The Labute approximate surface area is 195 Å². The van der Waals surface area contributed by atoms with Crippen molar-refractivity contribution in [2.45, 2.75) is 52.6 Å². The first-order valence-corrected chi connectivity index (χ1v) is 11.7. The van der Waals surface area contributed by atoms with Gasteiger partial charge in [-0.1, -0.05) is 32.9 Å². The molecule has 3 amide bonds. The van der Waals surface area contributed by atoms with Crippen molar-refractivity contribution in [1.29, 1.82) is 0 Å². The molecule has 8 heteroatoms. The van der Waals surface area contributed by atoms with Crippen molar-refractivity contribution in [3.63, 3.8) is 0 Å². The van der Waals surface area contributed by atoms with Crippen LogP contribution in [0.2, 0.25) is 0 Å². The molecule has 0 spiro atoms. The van der Waals surface area contributed by atoms with Gasteiger partial charge in [0.15, 0.2) is 0 Å². The van der Waals surface area contributed by atoms with Gasteiger partial charge in [0.05, 0.1) is 7.11 Å². The standard InChI is InChI=1S/C25H35N3O5/c1-24(2,3)25-11-18(13-27(16-25)23(31)32)12-26(15-25)22(30)20-9-10-21(29)28(20)14-17-5-7-19(33-4)8-6-17/h5-8,18,20H,9-16H2,1-4H3,(H,31,32). The van der Waals surface area contributed by atoms with Gasteiger partial charge in [-0.25, -0.2) is 4.79 Å². The number of amides is 3. The lowest BCUT2D eigenvalue weighted by molar-refractivity contribution is -0.152. The highest BCUT2D eigenvalue weighted by atomic mass is 16.5. The first kappa shape index (κ1) is 23.4. The summed E-state index contributed by atoms with van der Waals surface area (Å²) in [6, 6.07) is 7.10. The Bertz CT molecular complexity index is 925. The van der Waals surface area contributed by atoms with Gasteiger partial charge in [-0.05, 0) is 41.9 Å². The number of benzene rings is 1. The van der Waals surface area contributed by atoms with Crippen molar-refractivity contribution in [1.82, 2.24) is 14.7 Å². The zero-order valence-electron chi connectivity index (χ0n) is 20.0. The average Bonchev–Trinajstić information content (AvgIpc) is 3.12. The number of rotatable bonds is 4. The molecule has 0 aliphatic carbocycles. The molecule has 3 fully saturated rings. The molecule has 1 N–H and O–H groups in total. The molecule has 8 nitrogen and oxygen atoms in total. The molecule has 3 saturated heterocycles. The summed E-state index contributed by atoms with van der Waals surface area (Å²) < 4.78 is 5.21. The van der Waals surface area contributed by atoms with Gasteiger partial charge in [0.2, 0.25) is 11.8 Å². The van der Waals surface area contributed by atoms with Gasteiger partial charge in [-0.2, -0.15) is 0 Å². The smallest absolute Gasteiger partial charge is 0.407 e. The number of hydrogen-bond acceptors (Lipinski definition) is 4. The summed E-state index contributed by atoms with van der Waals surface area (Å²) >= 11 is 0. The van der Waals surface area contributed by atoms with Crippen LogP contribution in [0, 0.1) is 16.7 Å². The topological polar surface area (TPSA) is 90.4 Å². The Morgan fingerprint density at radius 3 is 2.36 bits per heavy atom. The number of piperidine rings is 2. The molecule has 0 radical (unpaired) electrons. The highest BCUT2D eigenvalue weighted by molar-refractivity contribution is 5.91. The summed E-state index contributed by atoms with van der Waals surface area (Å²) in [5, 5.41) is 9.65. The number of nitrogens with zero attached hydrogens (tertiary/aromatic N) is 3. The van der Waals surface area contributed by atoms with Crippen LogP contribution < -0.4 is 4.74 Å². The van der Waals surface area contributed by atoms with Gasteiger partial charge in [0, 0.05) is 44.6 Å².